The Morgan fingerprint density at radius 1 is 1.50 bits per heavy atom. The molecule has 0 heteroatoms. The van der Waals surface area contributed by atoms with E-state index in [-0.39, 0.29) is 0 Å². The Labute approximate surface area is 75.0 Å². The lowest BCUT2D eigenvalue weighted by atomic mass is 9.94. The van der Waals surface area contributed by atoms with Gasteiger partial charge in [-0.3, -0.25) is 0 Å². The van der Waals surface area contributed by atoms with Gasteiger partial charge in [0.25, 0.3) is 0 Å². The molecular weight excluding hydrogens is 144 g/mol. The summed E-state index contributed by atoms with van der Waals surface area (Å²) >= 11 is 0. The van der Waals surface area contributed by atoms with E-state index in [2.05, 4.69) is 38.8 Å². The SMILES string of the molecule is C=CC(C)C(=C)CC(=C)C1C=C1. The number of allylic oxidation sites excluding steroid dienone is 5. The van der Waals surface area contributed by atoms with Crippen molar-refractivity contribution in [1.29, 1.82) is 0 Å². The molecule has 0 spiro atoms. The average molecular weight is 160 g/mol. The summed E-state index contributed by atoms with van der Waals surface area (Å²) in [7, 11) is 0. The first kappa shape index (κ1) is 9.05. The normalized spacial score (nSPS) is 17.1. The molecule has 0 fully saturated rings. The Hall–Kier alpha value is -1.04. The van der Waals surface area contributed by atoms with E-state index >= 15 is 0 Å². The second kappa shape index (κ2) is 3.57. The summed E-state index contributed by atoms with van der Waals surface area (Å²) in [4.78, 5) is 0. The molecule has 0 radical (unpaired) electrons. The van der Waals surface area contributed by atoms with Crippen LogP contribution in [0.2, 0.25) is 0 Å². The van der Waals surface area contributed by atoms with Crippen molar-refractivity contribution in [3.63, 3.8) is 0 Å². The molecule has 0 aromatic heterocycles. The van der Waals surface area contributed by atoms with E-state index in [4.69, 9.17) is 0 Å². The summed E-state index contributed by atoms with van der Waals surface area (Å²) in [6.45, 7) is 13.9. The first-order valence-electron chi connectivity index (χ1n) is 4.31. The lowest BCUT2D eigenvalue weighted by Gasteiger charge is -2.11. The van der Waals surface area contributed by atoms with Gasteiger partial charge in [0.05, 0.1) is 0 Å². The minimum Gasteiger partial charge on any atom is -0.102 e. The predicted octanol–water partition coefficient (Wildman–Crippen LogP) is 3.50. The molecule has 0 bridgehead atoms. The van der Waals surface area contributed by atoms with Crippen LogP contribution in [0.4, 0.5) is 0 Å². The monoisotopic (exact) mass is 160 g/mol. The standard InChI is InChI=1S/C12H16/c1-5-9(2)10(3)8-11(4)12-6-7-12/h5-7,9,12H,1,3-4,8H2,2H3. The molecule has 0 aliphatic heterocycles. The molecule has 0 saturated heterocycles. The van der Waals surface area contributed by atoms with Crippen LogP contribution in [0, 0.1) is 11.8 Å². The summed E-state index contributed by atoms with van der Waals surface area (Å²) < 4.78 is 0. The van der Waals surface area contributed by atoms with Gasteiger partial charge < -0.3 is 0 Å². The third kappa shape index (κ3) is 2.23. The van der Waals surface area contributed by atoms with Gasteiger partial charge in [-0.05, 0) is 12.3 Å². The first-order chi connectivity index (χ1) is 5.65. The van der Waals surface area contributed by atoms with Gasteiger partial charge in [-0.25, -0.2) is 0 Å². The van der Waals surface area contributed by atoms with Crippen LogP contribution >= 0.6 is 0 Å². The molecule has 0 saturated carbocycles. The Morgan fingerprint density at radius 3 is 2.50 bits per heavy atom. The van der Waals surface area contributed by atoms with E-state index in [0.29, 0.717) is 11.8 Å². The van der Waals surface area contributed by atoms with E-state index in [9.17, 15) is 0 Å². The molecule has 0 N–H and O–H groups in total. The highest BCUT2D eigenvalue weighted by Gasteiger charge is 2.16. The second-order valence-corrected chi connectivity index (χ2v) is 3.43. The number of hydrogen-bond acceptors (Lipinski definition) is 0. The van der Waals surface area contributed by atoms with Gasteiger partial charge >= 0.3 is 0 Å². The molecule has 1 rings (SSSR count). The Bertz CT molecular complexity index is 237. The molecule has 64 valence electrons. The van der Waals surface area contributed by atoms with Crippen LogP contribution in [-0.4, -0.2) is 0 Å². The molecule has 1 aliphatic carbocycles. The largest absolute Gasteiger partial charge is 0.102 e. The quantitative estimate of drug-likeness (QED) is 0.540. The molecule has 0 aromatic carbocycles. The van der Waals surface area contributed by atoms with Crippen molar-refractivity contribution < 1.29 is 0 Å². The van der Waals surface area contributed by atoms with Gasteiger partial charge in [-0.2, -0.15) is 0 Å². The zero-order valence-corrected chi connectivity index (χ0v) is 7.72. The van der Waals surface area contributed by atoms with Crippen molar-refractivity contribution in [2.75, 3.05) is 0 Å². The lowest BCUT2D eigenvalue weighted by molar-refractivity contribution is 0.810. The summed E-state index contributed by atoms with van der Waals surface area (Å²) in [6.07, 6.45) is 7.18. The fraction of sp³-hybridized carbons (Fsp3) is 0.333. The van der Waals surface area contributed by atoms with Crippen LogP contribution in [-0.2, 0) is 0 Å². The van der Waals surface area contributed by atoms with E-state index in [1.807, 2.05) is 6.08 Å². The van der Waals surface area contributed by atoms with Crippen LogP contribution in [0.1, 0.15) is 13.3 Å². The van der Waals surface area contributed by atoms with Crippen LogP contribution in [0.3, 0.4) is 0 Å². The van der Waals surface area contributed by atoms with Gasteiger partial charge in [-0.15, -0.1) is 6.58 Å². The van der Waals surface area contributed by atoms with Crippen molar-refractivity contribution in [2.45, 2.75) is 13.3 Å². The highest BCUT2D eigenvalue weighted by molar-refractivity contribution is 5.32. The van der Waals surface area contributed by atoms with Gasteiger partial charge in [-0.1, -0.05) is 49.5 Å². The van der Waals surface area contributed by atoms with Crippen molar-refractivity contribution >= 4 is 0 Å². The Kier molecular flexibility index (Phi) is 2.69. The zero-order chi connectivity index (χ0) is 9.14. The van der Waals surface area contributed by atoms with Crippen LogP contribution in [0.25, 0.3) is 0 Å². The van der Waals surface area contributed by atoms with E-state index in [1.165, 1.54) is 11.1 Å². The first-order valence-corrected chi connectivity index (χ1v) is 4.31. The topological polar surface area (TPSA) is 0 Å². The van der Waals surface area contributed by atoms with Crippen molar-refractivity contribution in [1.82, 2.24) is 0 Å². The van der Waals surface area contributed by atoms with Crippen molar-refractivity contribution in [3.8, 4) is 0 Å². The maximum Gasteiger partial charge on any atom is 0.0158 e. The Morgan fingerprint density at radius 2 is 2.08 bits per heavy atom. The van der Waals surface area contributed by atoms with E-state index < -0.39 is 0 Å². The molecule has 12 heavy (non-hydrogen) atoms. The lowest BCUT2D eigenvalue weighted by Crippen LogP contribution is -1.96. The molecule has 0 aromatic rings. The highest BCUT2D eigenvalue weighted by atomic mass is 14.2. The second-order valence-electron chi connectivity index (χ2n) is 3.43. The summed E-state index contributed by atoms with van der Waals surface area (Å²) in [5, 5.41) is 0. The van der Waals surface area contributed by atoms with E-state index in [1.54, 1.807) is 0 Å². The average Bonchev–Trinajstić information content (AvgIpc) is 2.84. The maximum atomic E-state index is 4.02. The predicted molar refractivity (Wildman–Crippen MR) is 54.9 cm³/mol. The van der Waals surface area contributed by atoms with Crippen LogP contribution in [0.5, 0.6) is 0 Å². The molecule has 0 amide bonds. The maximum absolute atomic E-state index is 4.02. The minimum absolute atomic E-state index is 0.403. The Balaban J connectivity index is 2.34. The summed E-state index contributed by atoms with van der Waals surface area (Å²) in [5.41, 5.74) is 2.47. The van der Waals surface area contributed by atoms with E-state index in [0.717, 1.165) is 6.42 Å². The van der Waals surface area contributed by atoms with Gasteiger partial charge in [0.2, 0.25) is 0 Å². The van der Waals surface area contributed by atoms with Gasteiger partial charge in [0.15, 0.2) is 0 Å². The molecule has 0 nitrogen and oxygen atoms in total. The third-order valence-corrected chi connectivity index (χ3v) is 2.31. The van der Waals surface area contributed by atoms with Crippen molar-refractivity contribution in [2.24, 2.45) is 11.8 Å². The fourth-order valence-corrected chi connectivity index (χ4v) is 1.06. The smallest absolute Gasteiger partial charge is 0.0158 e. The summed E-state index contributed by atoms with van der Waals surface area (Å²) in [5.74, 6) is 0.958. The zero-order valence-electron chi connectivity index (χ0n) is 7.72. The van der Waals surface area contributed by atoms with Gasteiger partial charge in [0, 0.05) is 5.92 Å². The molecule has 1 unspecified atom stereocenters. The fourth-order valence-electron chi connectivity index (χ4n) is 1.06. The molecule has 0 heterocycles. The summed E-state index contributed by atoms with van der Waals surface area (Å²) in [6, 6.07) is 0. The molecule has 1 aliphatic rings. The number of rotatable bonds is 5. The molecular formula is C12H16. The minimum atomic E-state index is 0.403. The third-order valence-electron chi connectivity index (χ3n) is 2.31. The van der Waals surface area contributed by atoms with Crippen LogP contribution < -0.4 is 0 Å². The highest BCUT2D eigenvalue weighted by Crippen LogP contribution is 2.30. The molecule has 1 atom stereocenters. The number of hydrogen-bond donors (Lipinski definition) is 0. The van der Waals surface area contributed by atoms with Crippen molar-refractivity contribution in [3.05, 3.63) is 49.1 Å². The van der Waals surface area contributed by atoms with Crippen LogP contribution in [0.15, 0.2) is 49.1 Å². The van der Waals surface area contributed by atoms with Gasteiger partial charge in [0.1, 0.15) is 0 Å².